The van der Waals surface area contributed by atoms with E-state index in [1.807, 2.05) is 6.26 Å². The van der Waals surface area contributed by atoms with Gasteiger partial charge in [-0.1, -0.05) is 13.8 Å². The fraction of sp³-hybridized carbons (Fsp3) is 0.762. The number of carbonyl (C=O) groups is 1. The number of nitrogens with zero attached hydrogens (tertiary/aromatic N) is 2. The van der Waals surface area contributed by atoms with E-state index in [9.17, 15) is 4.79 Å². The maximum atomic E-state index is 12.9. The van der Waals surface area contributed by atoms with Gasteiger partial charge in [-0.05, 0) is 61.5 Å². The van der Waals surface area contributed by atoms with E-state index in [2.05, 4.69) is 30.1 Å². The zero-order valence-corrected chi connectivity index (χ0v) is 15.7. The Morgan fingerprint density at radius 3 is 3.00 bits per heavy atom. The SMILES string of the molecule is C[C@@H]1CC[C@@]23C[C@]4(N=NC[C@H]4CC[C@@H]2[C@@]1(C)CCc1ccoc1)C(=O)O3. The number of furan rings is 1. The lowest BCUT2D eigenvalue weighted by Gasteiger charge is -2.54. The predicted molar refractivity (Wildman–Crippen MR) is 95.6 cm³/mol. The van der Waals surface area contributed by atoms with Gasteiger partial charge in [-0.3, -0.25) is 0 Å². The fourth-order valence-corrected chi connectivity index (χ4v) is 6.53. The molecule has 0 aromatic carbocycles. The number of esters is 1. The van der Waals surface area contributed by atoms with Gasteiger partial charge in [0, 0.05) is 18.3 Å². The summed E-state index contributed by atoms with van der Waals surface area (Å²) < 4.78 is 11.5. The van der Waals surface area contributed by atoms with Crippen LogP contribution >= 0.6 is 0 Å². The number of rotatable bonds is 3. The molecule has 5 rings (SSSR count). The Labute approximate surface area is 154 Å². The summed E-state index contributed by atoms with van der Waals surface area (Å²) in [5.41, 5.74) is 0.433. The van der Waals surface area contributed by atoms with Crippen LogP contribution < -0.4 is 0 Å². The van der Waals surface area contributed by atoms with Crippen LogP contribution in [0.25, 0.3) is 0 Å². The highest BCUT2D eigenvalue weighted by atomic mass is 16.6. The van der Waals surface area contributed by atoms with Gasteiger partial charge in [0.25, 0.3) is 0 Å². The molecule has 2 saturated carbocycles. The summed E-state index contributed by atoms with van der Waals surface area (Å²) in [6.45, 7) is 5.52. The minimum absolute atomic E-state index is 0.0970. The Morgan fingerprint density at radius 2 is 2.19 bits per heavy atom. The van der Waals surface area contributed by atoms with Crippen LogP contribution in [0.15, 0.2) is 33.2 Å². The van der Waals surface area contributed by atoms with Crippen molar-refractivity contribution in [2.45, 2.75) is 69.9 Å². The van der Waals surface area contributed by atoms with Crippen LogP contribution in [-0.4, -0.2) is 23.7 Å². The molecule has 0 radical (unpaired) electrons. The van der Waals surface area contributed by atoms with Crippen molar-refractivity contribution in [2.24, 2.45) is 33.4 Å². The second-order valence-electron chi connectivity index (χ2n) is 9.38. The van der Waals surface area contributed by atoms with Crippen molar-refractivity contribution in [1.82, 2.24) is 0 Å². The van der Waals surface area contributed by atoms with Crippen molar-refractivity contribution in [3.05, 3.63) is 24.2 Å². The van der Waals surface area contributed by atoms with Crippen molar-refractivity contribution in [3.63, 3.8) is 0 Å². The van der Waals surface area contributed by atoms with E-state index in [0.29, 0.717) is 18.4 Å². The van der Waals surface area contributed by atoms with E-state index in [-0.39, 0.29) is 22.9 Å². The number of hydrogen-bond donors (Lipinski definition) is 0. The second kappa shape index (κ2) is 5.43. The average molecular weight is 356 g/mol. The van der Waals surface area contributed by atoms with E-state index in [0.717, 1.165) is 44.9 Å². The second-order valence-corrected chi connectivity index (χ2v) is 9.38. The van der Waals surface area contributed by atoms with E-state index in [1.165, 1.54) is 5.56 Å². The maximum Gasteiger partial charge on any atom is 0.337 e. The van der Waals surface area contributed by atoms with Gasteiger partial charge in [0.05, 0.1) is 19.1 Å². The monoisotopic (exact) mass is 356 g/mol. The summed E-state index contributed by atoms with van der Waals surface area (Å²) in [5, 5.41) is 8.73. The smallest absolute Gasteiger partial charge is 0.337 e. The fourth-order valence-electron chi connectivity index (χ4n) is 6.53. The lowest BCUT2D eigenvalue weighted by atomic mass is 9.53. The topological polar surface area (TPSA) is 64.2 Å². The molecule has 2 spiro atoms. The first-order chi connectivity index (χ1) is 12.5. The highest BCUT2D eigenvalue weighted by Gasteiger charge is 2.70. The molecule has 3 heterocycles. The van der Waals surface area contributed by atoms with Crippen LogP contribution in [-0.2, 0) is 16.0 Å². The minimum Gasteiger partial charge on any atom is -0.472 e. The van der Waals surface area contributed by atoms with Gasteiger partial charge in [-0.15, -0.1) is 0 Å². The van der Waals surface area contributed by atoms with E-state index >= 15 is 0 Å². The first kappa shape index (κ1) is 16.5. The molecule has 1 saturated heterocycles. The molecule has 3 fully saturated rings. The number of aryl methyl sites for hydroxylation is 1. The van der Waals surface area contributed by atoms with Crippen molar-refractivity contribution >= 4 is 5.97 Å². The van der Waals surface area contributed by atoms with Crippen molar-refractivity contribution in [2.75, 3.05) is 6.54 Å². The van der Waals surface area contributed by atoms with Crippen LogP contribution in [0.3, 0.4) is 0 Å². The normalized spacial score (nSPS) is 46.5. The maximum absolute atomic E-state index is 12.9. The molecule has 140 valence electrons. The lowest BCUT2D eigenvalue weighted by Crippen LogP contribution is -2.53. The number of hydrogen-bond acceptors (Lipinski definition) is 5. The molecule has 0 N–H and O–H groups in total. The quantitative estimate of drug-likeness (QED) is 0.746. The van der Waals surface area contributed by atoms with Gasteiger partial charge in [0.15, 0.2) is 5.54 Å². The Hall–Kier alpha value is -1.65. The van der Waals surface area contributed by atoms with Crippen molar-refractivity contribution < 1.29 is 13.9 Å². The molecule has 6 atom stereocenters. The molecule has 0 unspecified atom stereocenters. The molecule has 2 aliphatic carbocycles. The molecule has 4 aliphatic rings. The molecule has 26 heavy (non-hydrogen) atoms. The first-order valence-corrected chi connectivity index (χ1v) is 10.1. The van der Waals surface area contributed by atoms with E-state index in [1.54, 1.807) is 6.26 Å². The lowest BCUT2D eigenvalue weighted by molar-refractivity contribution is -0.176. The summed E-state index contributed by atoms with van der Waals surface area (Å²) in [5.74, 6) is 1.18. The van der Waals surface area contributed by atoms with Gasteiger partial charge in [0.2, 0.25) is 0 Å². The third-order valence-corrected chi connectivity index (χ3v) is 8.34. The average Bonchev–Trinajstić information content (AvgIpc) is 3.31. The first-order valence-electron chi connectivity index (χ1n) is 10.1. The summed E-state index contributed by atoms with van der Waals surface area (Å²) in [4.78, 5) is 12.9. The zero-order chi connectivity index (χ0) is 18.0. The molecule has 5 nitrogen and oxygen atoms in total. The van der Waals surface area contributed by atoms with Crippen LogP contribution in [0.2, 0.25) is 0 Å². The van der Waals surface area contributed by atoms with Crippen LogP contribution in [0.4, 0.5) is 0 Å². The van der Waals surface area contributed by atoms with Gasteiger partial charge in [-0.25, -0.2) is 4.79 Å². The van der Waals surface area contributed by atoms with Crippen LogP contribution in [0.1, 0.15) is 57.9 Å². The Kier molecular flexibility index (Phi) is 3.45. The van der Waals surface area contributed by atoms with E-state index < -0.39 is 5.54 Å². The summed E-state index contributed by atoms with van der Waals surface area (Å²) in [6, 6.07) is 2.06. The Balaban J connectivity index is 1.50. The highest BCUT2D eigenvalue weighted by Crippen LogP contribution is 2.64. The number of ether oxygens (including phenoxy) is 1. The van der Waals surface area contributed by atoms with Crippen LogP contribution in [0.5, 0.6) is 0 Å². The summed E-state index contributed by atoms with van der Waals surface area (Å²) >= 11 is 0. The van der Waals surface area contributed by atoms with Gasteiger partial charge < -0.3 is 9.15 Å². The van der Waals surface area contributed by atoms with Crippen molar-refractivity contribution in [1.29, 1.82) is 0 Å². The predicted octanol–water partition coefficient (Wildman–Crippen LogP) is 4.56. The number of carbonyl (C=O) groups excluding carboxylic acids is 1. The van der Waals surface area contributed by atoms with Gasteiger partial charge in [-0.2, -0.15) is 10.2 Å². The molecule has 1 aromatic heterocycles. The standard InChI is InChI=1S/C21H28N2O3/c1-14-5-9-20-13-21(18(24)26-20)16(11-22-23-21)3-4-17(20)19(14,2)8-6-15-7-10-25-12-15/h7,10,12,14,16-17H,3-6,8-9,11,13H2,1-2H3/t14-,16-,17-,19+,20-,21-/m1/s1. The minimum atomic E-state index is -0.666. The van der Waals surface area contributed by atoms with Gasteiger partial charge >= 0.3 is 5.97 Å². The zero-order valence-electron chi connectivity index (χ0n) is 15.7. The molecule has 0 amide bonds. The van der Waals surface area contributed by atoms with E-state index in [4.69, 9.17) is 9.15 Å². The molecule has 2 bridgehead atoms. The third-order valence-electron chi connectivity index (χ3n) is 8.34. The molecular formula is C21H28N2O3. The summed E-state index contributed by atoms with van der Waals surface area (Å²) in [6.07, 6.45) is 10.8. The summed E-state index contributed by atoms with van der Waals surface area (Å²) in [7, 11) is 0. The largest absolute Gasteiger partial charge is 0.472 e. The molecular weight excluding hydrogens is 328 g/mol. The Morgan fingerprint density at radius 1 is 1.31 bits per heavy atom. The number of azo groups is 1. The van der Waals surface area contributed by atoms with Crippen molar-refractivity contribution in [3.8, 4) is 0 Å². The highest BCUT2D eigenvalue weighted by molar-refractivity contribution is 5.85. The molecule has 1 aromatic rings. The van der Waals surface area contributed by atoms with Gasteiger partial charge in [0.1, 0.15) is 5.60 Å². The third kappa shape index (κ3) is 2.06. The van der Waals surface area contributed by atoms with Crippen LogP contribution in [0, 0.1) is 23.2 Å². The molecule has 2 aliphatic heterocycles. The molecule has 5 heteroatoms. The Bertz CT molecular complexity index is 744.